The predicted molar refractivity (Wildman–Crippen MR) is 103 cm³/mol. The third kappa shape index (κ3) is 4.68. The van der Waals surface area contributed by atoms with Gasteiger partial charge in [-0.1, -0.05) is 66.2 Å². The van der Waals surface area contributed by atoms with Gasteiger partial charge in [-0.3, -0.25) is 14.9 Å². The molecule has 0 fully saturated rings. The lowest BCUT2D eigenvalue weighted by Gasteiger charge is -2.32. The number of benzene rings is 2. The minimum absolute atomic E-state index is 0.157. The van der Waals surface area contributed by atoms with Crippen LogP contribution in [0.2, 0.25) is 0 Å². The smallest absolute Gasteiger partial charge is 0.224 e. The molecule has 5 heteroatoms. The lowest BCUT2D eigenvalue weighted by atomic mass is 9.74. The summed E-state index contributed by atoms with van der Waals surface area (Å²) in [7, 11) is 0. The number of rotatable bonds is 7. The van der Waals surface area contributed by atoms with Crippen molar-refractivity contribution in [2.45, 2.75) is 31.9 Å². The Kier molecular flexibility index (Phi) is 6.14. The molecule has 1 aliphatic carbocycles. The van der Waals surface area contributed by atoms with Crippen LogP contribution in [0.1, 0.15) is 29.0 Å². The van der Waals surface area contributed by atoms with Gasteiger partial charge in [-0.05, 0) is 23.6 Å². The van der Waals surface area contributed by atoms with Crippen LogP contribution >= 0.6 is 0 Å². The summed E-state index contributed by atoms with van der Waals surface area (Å²) in [4.78, 5) is 22.8. The van der Waals surface area contributed by atoms with Crippen molar-refractivity contribution >= 4 is 6.29 Å². The molecule has 2 aromatic rings. The van der Waals surface area contributed by atoms with Crippen LogP contribution < -0.4 is 0 Å². The highest BCUT2D eigenvalue weighted by Gasteiger charge is 2.41. The van der Waals surface area contributed by atoms with E-state index in [1.807, 2.05) is 67.6 Å². The largest absolute Gasteiger partial charge is 0.376 e. The fourth-order valence-corrected chi connectivity index (χ4v) is 3.78. The zero-order valence-corrected chi connectivity index (χ0v) is 15.3. The summed E-state index contributed by atoms with van der Waals surface area (Å²) in [5.74, 6) is -0.542. The van der Waals surface area contributed by atoms with E-state index in [0.717, 1.165) is 23.0 Å². The topological polar surface area (TPSA) is 69.4 Å². The van der Waals surface area contributed by atoms with Crippen LogP contribution in [-0.2, 0) is 16.1 Å². The third-order valence-electron chi connectivity index (χ3n) is 5.02. The van der Waals surface area contributed by atoms with Gasteiger partial charge in [-0.25, -0.2) is 0 Å². The van der Waals surface area contributed by atoms with Crippen molar-refractivity contribution in [3.05, 3.63) is 93.1 Å². The number of nitrogens with zero attached hydrogens (tertiary/aromatic N) is 1. The van der Waals surface area contributed by atoms with Crippen LogP contribution in [0.25, 0.3) is 0 Å². The molecule has 0 amide bonds. The van der Waals surface area contributed by atoms with Gasteiger partial charge in [0.2, 0.25) is 6.04 Å². The highest BCUT2D eigenvalue weighted by molar-refractivity contribution is 5.74. The Labute approximate surface area is 158 Å². The molecule has 0 bridgehead atoms. The van der Waals surface area contributed by atoms with E-state index < -0.39 is 6.04 Å². The minimum Gasteiger partial charge on any atom is -0.376 e. The molecular formula is C22H23NO4. The molecule has 2 aromatic carbocycles. The van der Waals surface area contributed by atoms with Gasteiger partial charge in [0.15, 0.2) is 0 Å². The fraction of sp³-hybridized carbons (Fsp3) is 0.318. The van der Waals surface area contributed by atoms with Gasteiger partial charge in [-0.2, -0.15) is 0 Å². The number of hydrogen-bond acceptors (Lipinski definition) is 4. The molecule has 0 N–H and O–H groups in total. The normalized spacial score (nSPS) is 22.1. The summed E-state index contributed by atoms with van der Waals surface area (Å²) in [6.45, 7) is 2.74. The minimum atomic E-state index is -0.831. The highest BCUT2D eigenvalue weighted by Crippen LogP contribution is 2.38. The first-order valence-corrected chi connectivity index (χ1v) is 9.06. The van der Waals surface area contributed by atoms with E-state index in [1.54, 1.807) is 0 Å². The maximum Gasteiger partial charge on any atom is 0.224 e. The molecule has 27 heavy (non-hydrogen) atoms. The van der Waals surface area contributed by atoms with E-state index >= 15 is 0 Å². The number of aldehydes is 1. The first-order valence-electron chi connectivity index (χ1n) is 9.06. The van der Waals surface area contributed by atoms with E-state index in [2.05, 4.69) is 0 Å². The van der Waals surface area contributed by atoms with Crippen LogP contribution in [-0.4, -0.2) is 23.9 Å². The molecule has 0 spiro atoms. The predicted octanol–water partition coefficient (Wildman–Crippen LogP) is 4.09. The molecule has 1 aliphatic rings. The Morgan fingerprint density at radius 2 is 1.96 bits per heavy atom. The summed E-state index contributed by atoms with van der Waals surface area (Å²) >= 11 is 0. The summed E-state index contributed by atoms with van der Waals surface area (Å²) in [6, 6.07) is 16.8. The van der Waals surface area contributed by atoms with Gasteiger partial charge in [-0.15, -0.1) is 0 Å². The average molecular weight is 365 g/mol. The van der Waals surface area contributed by atoms with E-state index in [9.17, 15) is 14.9 Å². The monoisotopic (exact) mass is 365 g/mol. The lowest BCUT2D eigenvalue weighted by Crippen LogP contribution is -2.37. The van der Waals surface area contributed by atoms with Crippen LogP contribution in [0.3, 0.4) is 0 Å². The fourth-order valence-electron chi connectivity index (χ4n) is 3.78. The molecule has 5 nitrogen and oxygen atoms in total. The second-order valence-electron chi connectivity index (χ2n) is 7.02. The summed E-state index contributed by atoms with van der Waals surface area (Å²) in [6.07, 6.45) is 2.74. The number of carbonyl (C=O) groups is 1. The molecule has 0 saturated carbocycles. The summed E-state index contributed by atoms with van der Waals surface area (Å²) in [5.41, 5.74) is 3.51. The van der Waals surface area contributed by atoms with Crippen LogP contribution in [0.15, 0.2) is 66.2 Å². The van der Waals surface area contributed by atoms with Crippen molar-refractivity contribution in [3.63, 3.8) is 0 Å². The molecule has 3 rings (SSSR count). The number of ether oxygens (including phenoxy) is 1. The lowest BCUT2D eigenvalue weighted by molar-refractivity contribution is -0.528. The standard InChI is InChI=1S/C22H23NO4/c1-16-6-5-9-19(10-16)22-20(11-18(13-24)12-21(22)23(25)26)15-27-14-17-7-3-2-4-8-17/h2-11,13,20-22H,12,14-15H2,1H3/t20-,21+,22-/m1/s1. The Bertz CT molecular complexity index is 831. The number of hydrogen-bond donors (Lipinski definition) is 0. The molecule has 0 saturated heterocycles. The maximum atomic E-state index is 11.7. The SMILES string of the molecule is Cc1cccc([C@@H]2[C@@H](COCc3ccccc3)C=C(C=O)C[C@@H]2[N+](=O)[O-])c1. The van der Waals surface area contributed by atoms with E-state index in [0.29, 0.717) is 18.8 Å². The molecule has 3 atom stereocenters. The Hall–Kier alpha value is -2.79. The van der Waals surface area contributed by atoms with Crippen LogP contribution in [0, 0.1) is 23.0 Å². The third-order valence-corrected chi connectivity index (χ3v) is 5.02. The summed E-state index contributed by atoms with van der Waals surface area (Å²) in [5, 5.41) is 11.7. The molecular weight excluding hydrogens is 342 g/mol. The van der Waals surface area contributed by atoms with Gasteiger partial charge in [0.25, 0.3) is 0 Å². The molecule has 0 unspecified atom stereocenters. The highest BCUT2D eigenvalue weighted by atomic mass is 16.6. The molecule has 0 aromatic heterocycles. The van der Waals surface area contributed by atoms with E-state index in [1.165, 1.54) is 0 Å². The Morgan fingerprint density at radius 1 is 1.19 bits per heavy atom. The van der Waals surface area contributed by atoms with Gasteiger partial charge in [0, 0.05) is 17.3 Å². The number of nitro groups is 1. The first-order chi connectivity index (χ1) is 13.1. The molecule has 0 heterocycles. The number of aryl methyl sites for hydroxylation is 1. The Morgan fingerprint density at radius 3 is 2.63 bits per heavy atom. The van der Waals surface area contributed by atoms with Crippen LogP contribution in [0.4, 0.5) is 0 Å². The van der Waals surface area contributed by atoms with Crippen molar-refractivity contribution < 1.29 is 14.5 Å². The molecule has 0 aliphatic heterocycles. The second-order valence-corrected chi connectivity index (χ2v) is 7.02. The first kappa shape index (κ1) is 19.0. The van der Waals surface area contributed by atoms with E-state index in [-0.39, 0.29) is 23.2 Å². The average Bonchev–Trinajstić information content (AvgIpc) is 2.68. The zero-order valence-electron chi connectivity index (χ0n) is 15.3. The van der Waals surface area contributed by atoms with Gasteiger partial charge < -0.3 is 4.74 Å². The van der Waals surface area contributed by atoms with Crippen molar-refractivity contribution in [1.29, 1.82) is 0 Å². The van der Waals surface area contributed by atoms with Gasteiger partial charge >= 0.3 is 0 Å². The van der Waals surface area contributed by atoms with Crippen molar-refractivity contribution in [2.75, 3.05) is 6.61 Å². The quantitative estimate of drug-likeness (QED) is 0.421. The number of carbonyl (C=O) groups excluding carboxylic acids is 1. The molecule has 0 radical (unpaired) electrons. The Balaban J connectivity index is 1.85. The van der Waals surface area contributed by atoms with Crippen molar-refractivity contribution in [1.82, 2.24) is 0 Å². The second kappa shape index (κ2) is 8.73. The molecule has 140 valence electrons. The van der Waals surface area contributed by atoms with Crippen molar-refractivity contribution in [3.8, 4) is 0 Å². The van der Waals surface area contributed by atoms with Crippen molar-refractivity contribution in [2.24, 2.45) is 5.92 Å². The summed E-state index contributed by atoms with van der Waals surface area (Å²) < 4.78 is 5.88. The maximum absolute atomic E-state index is 11.7. The van der Waals surface area contributed by atoms with Crippen LogP contribution in [0.5, 0.6) is 0 Å². The van der Waals surface area contributed by atoms with Gasteiger partial charge in [0.1, 0.15) is 6.29 Å². The zero-order chi connectivity index (χ0) is 19.2. The van der Waals surface area contributed by atoms with Gasteiger partial charge in [0.05, 0.1) is 19.1 Å². The van der Waals surface area contributed by atoms with E-state index in [4.69, 9.17) is 4.74 Å².